The molecular weight excluding hydrogens is 326 g/mol. The van der Waals surface area contributed by atoms with Gasteiger partial charge in [-0.25, -0.2) is 0 Å². The van der Waals surface area contributed by atoms with Crippen LogP contribution >= 0.6 is 0 Å². The van der Waals surface area contributed by atoms with Crippen LogP contribution in [0.3, 0.4) is 0 Å². The van der Waals surface area contributed by atoms with Gasteiger partial charge in [-0.3, -0.25) is 9.59 Å². The molecule has 0 spiro atoms. The average molecular weight is 351 g/mol. The lowest BCUT2D eigenvalue weighted by Gasteiger charge is -2.36. The molecule has 0 fully saturated rings. The fourth-order valence-electron chi connectivity index (χ4n) is 3.31. The zero-order valence-electron chi connectivity index (χ0n) is 15.5. The van der Waals surface area contributed by atoms with E-state index < -0.39 is 0 Å². The molecule has 0 saturated heterocycles. The summed E-state index contributed by atoms with van der Waals surface area (Å²) in [7, 11) is 3.44. The van der Waals surface area contributed by atoms with Gasteiger partial charge in [0.05, 0.1) is 6.54 Å². The Kier molecular flexibility index (Phi) is 5.26. The largest absolute Gasteiger partial charge is 0.359 e. The van der Waals surface area contributed by atoms with Crippen LogP contribution in [0.25, 0.3) is 0 Å². The van der Waals surface area contributed by atoms with E-state index >= 15 is 0 Å². The first-order chi connectivity index (χ1) is 12.5. The maximum Gasteiger partial charge on any atom is 0.253 e. The van der Waals surface area contributed by atoms with E-state index in [9.17, 15) is 9.59 Å². The minimum Gasteiger partial charge on any atom is -0.359 e. The Bertz CT molecular complexity index is 799. The van der Waals surface area contributed by atoms with Crippen LogP contribution in [-0.4, -0.2) is 43.4 Å². The van der Waals surface area contributed by atoms with Crippen molar-refractivity contribution in [3.63, 3.8) is 0 Å². The number of para-hydroxylation sites is 1. The second-order valence-electron chi connectivity index (χ2n) is 6.97. The normalized spacial score (nSPS) is 16.0. The van der Waals surface area contributed by atoms with Gasteiger partial charge in [-0.15, -0.1) is 0 Å². The number of fused-ring (bicyclic) bond motifs is 1. The number of anilines is 2. The average Bonchev–Trinajstić information content (AvgIpc) is 2.64. The Morgan fingerprint density at radius 1 is 1.12 bits per heavy atom. The van der Waals surface area contributed by atoms with E-state index in [1.54, 1.807) is 38.4 Å². The van der Waals surface area contributed by atoms with Gasteiger partial charge in [0.2, 0.25) is 5.91 Å². The first-order valence-electron chi connectivity index (χ1n) is 8.92. The SMILES string of the molecule is CC1CCc2ccccc2N1CC(=O)Nc1ccc(C(=O)N(C)C)cc1. The number of carbonyl (C=O) groups excluding carboxylic acids is 2. The summed E-state index contributed by atoms with van der Waals surface area (Å²) in [6.07, 6.45) is 2.10. The zero-order chi connectivity index (χ0) is 18.7. The number of benzene rings is 2. The molecular formula is C21H25N3O2. The van der Waals surface area contributed by atoms with Crippen molar-refractivity contribution in [2.24, 2.45) is 0 Å². The molecule has 1 aliphatic rings. The number of amides is 2. The third-order valence-electron chi connectivity index (χ3n) is 4.80. The fourth-order valence-corrected chi connectivity index (χ4v) is 3.31. The predicted octanol–water partition coefficient (Wildman–Crippen LogP) is 3.17. The van der Waals surface area contributed by atoms with Crippen LogP contribution in [-0.2, 0) is 11.2 Å². The molecule has 26 heavy (non-hydrogen) atoms. The molecule has 136 valence electrons. The lowest BCUT2D eigenvalue weighted by Crippen LogP contribution is -2.42. The summed E-state index contributed by atoms with van der Waals surface area (Å²) < 4.78 is 0. The molecule has 1 heterocycles. The van der Waals surface area contributed by atoms with Crippen LogP contribution in [0.4, 0.5) is 11.4 Å². The number of rotatable bonds is 4. The number of nitrogens with one attached hydrogen (secondary N) is 1. The van der Waals surface area contributed by atoms with Crippen LogP contribution in [0.5, 0.6) is 0 Å². The van der Waals surface area contributed by atoms with Crippen LogP contribution in [0.15, 0.2) is 48.5 Å². The van der Waals surface area contributed by atoms with E-state index in [0.717, 1.165) is 18.5 Å². The summed E-state index contributed by atoms with van der Waals surface area (Å²) in [5.41, 5.74) is 3.74. The molecule has 1 atom stereocenters. The van der Waals surface area contributed by atoms with Gasteiger partial charge in [0.15, 0.2) is 0 Å². The molecule has 5 heteroatoms. The van der Waals surface area contributed by atoms with E-state index in [0.29, 0.717) is 23.8 Å². The van der Waals surface area contributed by atoms with E-state index in [1.807, 2.05) is 12.1 Å². The van der Waals surface area contributed by atoms with Gasteiger partial charge in [0, 0.05) is 37.1 Å². The third kappa shape index (κ3) is 3.87. The highest BCUT2D eigenvalue weighted by molar-refractivity contribution is 5.96. The first kappa shape index (κ1) is 18.0. The van der Waals surface area contributed by atoms with Crippen LogP contribution in [0.1, 0.15) is 29.3 Å². The highest BCUT2D eigenvalue weighted by Crippen LogP contribution is 2.30. The van der Waals surface area contributed by atoms with Crippen molar-refractivity contribution in [2.75, 3.05) is 30.9 Å². The Balaban J connectivity index is 1.67. The van der Waals surface area contributed by atoms with Gasteiger partial charge in [-0.1, -0.05) is 18.2 Å². The molecule has 5 nitrogen and oxygen atoms in total. The molecule has 0 aromatic heterocycles. The van der Waals surface area contributed by atoms with Gasteiger partial charge in [-0.05, 0) is 55.7 Å². The van der Waals surface area contributed by atoms with Crippen molar-refractivity contribution in [2.45, 2.75) is 25.8 Å². The maximum atomic E-state index is 12.5. The standard InChI is InChI=1S/C21H25N3O2/c1-15-8-9-16-6-4-5-7-19(16)24(15)14-20(25)22-18-12-10-17(11-13-18)21(26)23(2)3/h4-7,10-13,15H,8-9,14H2,1-3H3,(H,22,25). The smallest absolute Gasteiger partial charge is 0.253 e. The number of aryl methyl sites for hydroxylation is 1. The molecule has 2 aromatic rings. The van der Waals surface area contributed by atoms with Crippen molar-refractivity contribution in [3.05, 3.63) is 59.7 Å². The van der Waals surface area contributed by atoms with Crippen LogP contribution in [0.2, 0.25) is 0 Å². The van der Waals surface area contributed by atoms with Gasteiger partial charge >= 0.3 is 0 Å². The third-order valence-corrected chi connectivity index (χ3v) is 4.80. The highest BCUT2D eigenvalue weighted by Gasteiger charge is 2.24. The van der Waals surface area contributed by atoms with Crippen molar-refractivity contribution < 1.29 is 9.59 Å². The molecule has 0 aliphatic carbocycles. The maximum absolute atomic E-state index is 12.5. The summed E-state index contributed by atoms with van der Waals surface area (Å²) in [6.45, 7) is 2.47. The van der Waals surface area contributed by atoms with Crippen molar-refractivity contribution in [3.8, 4) is 0 Å². The van der Waals surface area contributed by atoms with Gasteiger partial charge in [0.25, 0.3) is 5.91 Å². The van der Waals surface area contributed by atoms with Crippen molar-refractivity contribution in [1.82, 2.24) is 4.90 Å². The van der Waals surface area contributed by atoms with E-state index in [2.05, 4.69) is 29.3 Å². The highest BCUT2D eigenvalue weighted by atomic mass is 16.2. The molecule has 1 unspecified atom stereocenters. The minimum absolute atomic E-state index is 0.0541. The first-order valence-corrected chi connectivity index (χ1v) is 8.92. The topological polar surface area (TPSA) is 52.7 Å². The molecule has 1 N–H and O–H groups in total. The molecule has 0 bridgehead atoms. The molecule has 3 rings (SSSR count). The second kappa shape index (κ2) is 7.60. The summed E-state index contributed by atoms with van der Waals surface area (Å²) in [5, 5.41) is 2.93. The van der Waals surface area contributed by atoms with Crippen LogP contribution < -0.4 is 10.2 Å². The number of hydrogen-bond acceptors (Lipinski definition) is 3. The lowest BCUT2D eigenvalue weighted by molar-refractivity contribution is -0.115. The summed E-state index contributed by atoms with van der Waals surface area (Å²) >= 11 is 0. The van der Waals surface area contributed by atoms with E-state index in [1.165, 1.54) is 10.5 Å². The van der Waals surface area contributed by atoms with Crippen LogP contribution in [0, 0.1) is 0 Å². The fraction of sp³-hybridized carbons (Fsp3) is 0.333. The monoisotopic (exact) mass is 351 g/mol. The van der Waals surface area contributed by atoms with E-state index in [4.69, 9.17) is 0 Å². The molecule has 0 radical (unpaired) electrons. The van der Waals surface area contributed by atoms with Gasteiger partial charge in [0.1, 0.15) is 0 Å². The Morgan fingerprint density at radius 3 is 2.50 bits per heavy atom. The molecule has 2 amide bonds. The number of carbonyl (C=O) groups is 2. The van der Waals surface area contributed by atoms with Gasteiger partial charge < -0.3 is 15.1 Å². The van der Waals surface area contributed by atoms with Gasteiger partial charge in [-0.2, -0.15) is 0 Å². The van der Waals surface area contributed by atoms with Crippen molar-refractivity contribution >= 4 is 23.2 Å². The number of nitrogens with zero attached hydrogens (tertiary/aromatic N) is 2. The predicted molar refractivity (Wildman–Crippen MR) is 105 cm³/mol. The van der Waals surface area contributed by atoms with Crippen molar-refractivity contribution in [1.29, 1.82) is 0 Å². The molecule has 2 aromatic carbocycles. The Morgan fingerprint density at radius 2 is 1.81 bits per heavy atom. The second-order valence-corrected chi connectivity index (χ2v) is 6.97. The zero-order valence-corrected chi connectivity index (χ0v) is 15.5. The lowest BCUT2D eigenvalue weighted by atomic mass is 9.96. The summed E-state index contributed by atoms with van der Waals surface area (Å²) in [5.74, 6) is -0.109. The number of hydrogen-bond donors (Lipinski definition) is 1. The minimum atomic E-state index is -0.0553. The Hall–Kier alpha value is -2.82. The summed E-state index contributed by atoms with van der Waals surface area (Å²) in [4.78, 5) is 28.2. The Labute approximate surface area is 154 Å². The van der Waals surface area contributed by atoms with E-state index in [-0.39, 0.29) is 11.8 Å². The molecule has 1 aliphatic heterocycles. The summed E-state index contributed by atoms with van der Waals surface area (Å²) in [6, 6.07) is 15.6. The molecule has 0 saturated carbocycles. The quantitative estimate of drug-likeness (QED) is 0.920.